The minimum atomic E-state index is -0.165. The third kappa shape index (κ3) is 4.97. The maximum absolute atomic E-state index is 12.9. The van der Waals surface area contributed by atoms with Crippen LogP contribution in [0.25, 0.3) is 0 Å². The molecule has 1 aliphatic heterocycles. The number of pyridine rings is 1. The lowest BCUT2D eigenvalue weighted by Crippen LogP contribution is -2.38. The van der Waals surface area contributed by atoms with Crippen molar-refractivity contribution in [1.29, 1.82) is 0 Å². The van der Waals surface area contributed by atoms with Crippen LogP contribution >= 0.6 is 11.6 Å². The molecule has 29 heavy (non-hydrogen) atoms. The first kappa shape index (κ1) is 19.1. The number of aromatic nitrogens is 1. The summed E-state index contributed by atoms with van der Waals surface area (Å²) in [6.07, 6.45) is 3.48. The fraction of sp³-hybridized carbons (Fsp3) is 0.182. The van der Waals surface area contributed by atoms with Gasteiger partial charge in [0.05, 0.1) is 0 Å². The fourth-order valence-corrected chi connectivity index (χ4v) is 3.19. The summed E-state index contributed by atoms with van der Waals surface area (Å²) in [5, 5.41) is 3.65. The van der Waals surface area contributed by atoms with Gasteiger partial charge in [-0.15, -0.1) is 0 Å². The predicted molar refractivity (Wildman–Crippen MR) is 110 cm³/mol. The van der Waals surface area contributed by atoms with Crippen molar-refractivity contribution in [3.05, 3.63) is 88.7 Å². The van der Waals surface area contributed by atoms with Crippen LogP contribution in [0.15, 0.2) is 67.0 Å². The Morgan fingerprint density at radius 3 is 2.55 bits per heavy atom. The number of halogens is 1. The van der Waals surface area contributed by atoms with Crippen LogP contribution in [-0.4, -0.2) is 22.7 Å². The number of ether oxygens (including phenoxy) is 2. The van der Waals surface area contributed by atoms with Gasteiger partial charge in [-0.25, -0.2) is 4.79 Å². The molecule has 0 atom stereocenters. The minimum absolute atomic E-state index is 0.165. The quantitative estimate of drug-likeness (QED) is 0.656. The van der Waals surface area contributed by atoms with E-state index in [9.17, 15) is 4.79 Å². The smallest absolute Gasteiger partial charge is 0.318 e. The molecule has 0 fully saturated rings. The Labute approximate surface area is 174 Å². The van der Waals surface area contributed by atoms with E-state index in [2.05, 4.69) is 10.3 Å². The van der Waals surface area contributed by atoms with E-state index in [0.717, 1.165) is 22.4 Å². The topological polar surface area (TPSA) is 63.7 Å². The molecule has 148 valence electrons. The molecule has 0 aliphatic carbocycles. The zero-order chi connectivity index (χ0) is 20.1. The Morgan fingerprint density at radius 1 is 1.00 bits per heavy atom. The normalized spacial score (nSPS) is 11.9. The van der Waals surface area contributed by atoms with E-state index in [-0.39, 0.29) is 12.8 Å². The SMILES string of the molecule is O=C(NCc1ccc(Cl)cc1)N(Cc1cccnc1)Cc1ccc2c(c1)OCO2. The molecular formula is C22H20ClN3O3. The Kier molecular flexibility index (Phi) is 5.81. The van der Waals surface area contributed by atoms with Crippen LogP contribution in [0, 0.1) is 0 Å². The number of fused-ring (bicyclic) bond motifs is 1. The molecule has 0 saturated carbocycles. The van der Waals surface area contributed by atoms with Gasteiger partial charge in [-0.05, 0) is 47.0 Å². The molecule has 2 amide bonds. The monoisotopic (exact) mass is 409 g/mol. The standard InChI is InChI=1S/C22H20ClN3O3/c23-19-6-3-16(4-7-19)12-25-22(27)26(14-18-2-1-9-24-11-18)13-17-5-8-20-21(10-17)29-15-28-20/h1-11H,12-15H2,(H,25,27). The molecule has 0 radical (unpaired) electrons. The molecule has 3 aromatic rings. The lowest BCUT2D eigenvalue weighted by Gasteiger charge is -2.23. The second-order valence-electron chi connectivity index (χ2n) is 6.69. The Bertz CT molecular complexity index is 980. The number of benzene rings is 2. The Balaban J connectivity index is 1.48. The van der Waals surface area contributed by atoms with E-state index >= 15 is 0 Å². The van der Waals surface area contributed by atoms with Crippen molar-refractivity contribution in [2.75, 3.05) is 6.79 Å². The van der Waals surface area contributed by atoms with Gasteiger partial charge in [-0.3, -0.25) is 4.98 Å². The molecule has 1 aromatic heterocycles. The third-order valence-electron chi connectivity index (χ3n) is 4.55. The van der Waals surface area contributed by atoms with Gasteiger partial charge >= 0.3 is 6.03 Å². The number of nitrogens with one attached hydrogen (secondary N) is 1. The summed E-state index contributed by atoms with van der Waals surface area (Å²) in [6.45, 7) is 1.51. The molecule has 2 aromatic carbocycles. The maximum Gasteiger partial charge on any atom is 0.318 e. The lowest BCUT2D eigenvalue weighted by atomic mass is 10.1. The highest BCUT2D eigenvalue weighted by molar-refractivity contribution is 6.30. The minimum Gasteiger partial charge on any atom is -0.454 e. The summed E-state index contributed by atoms with van der Waals surface area (Å²) >= 11 is 5.92. The van der Waals surface area contributed by atoms with Crippen LogP contribution in [0.2, 0.25) is 5.02 Å². The molecule has 6 nitrogen and oxygen atoms in total. The van der Waals surface area contributed by atoms with E-state index in [0.29, 0.717) is 30.4 Å². The fourth-order valence-electron chi connectivity index (χ4n) is 3.06. The summed E-state index contributed by atoms with van der Waals surface area (Å²) in [5.74, 6) is 1.42. The van der Waals surface area contributed by atoms with Crippen molar-refractivity contribution in [2.45, 2.75) is 19.6 Å². The van der Waals surface area contributed by atoms with Crippen molar-refractivity contribution >= 4 is 17.6 Å². The number of urea groups is 1. The predicted octanol–water partition coefficient (Wildman–Crippen LogP) is 4.38. The number of carbonyl (C=O) groups is 1. The first-order valence-corrected chi connectivity index (χ1v) is 9.60. The van der Waals surface area contributed by atoms with Gasteiger partial charge in [0.25, 0.3) is 0 Å². The van der Waals surface area contributed by atoms with Crippen LogP contribution in [0.5, 0.6) is 11.5 Å². The van der Waals surface area contributed by atoms with Crippen molar-refractivity contribution < 1.29 is 14.3 Å². The van der Waals surface area contributed by atoms with Crippen molar-refractivity contribution in [2.24, 2.45) is 0 Å². The molecule has 0 unspecified atom stereocenters. The first-order valence-electron chi connectivity index (χ1n) is 9.22. The van der Waals surface area contributed by atoms with Gasteiger partial charge in [-0.2, -0.15) is 0 Å². The molecule has 7 heteroatoms. The number of hydrogen-bond acceptors (Lipinski definition) is 4. The Morgan fingerprint density at radius 2 is 1.76 bits per heavy atom. The summed E-state index contributed by atoms with van der Waals surface area (Å²) in [6, 6.07) is 16.8. The van der Waals surface area contributed by atoms with Gasteiger partial charge in [0, 0.05) is 37.1 Å². The number of nitrogens with zero attached hydrogens (tertiary/aromatic N) is 2. The van der Waals surface area contributed by atoms with E-state index in [4.69, 9.17) is 21.1 Å². The molecule has 0 bridgehead atoms. The molecular weight excluding hydrogens is 390 g/mol. The summed E-state index contributed by atoms with van der Waals surface area (Å²) in [4.78, 5) is 18.8. The molecule has 0 spiro atoms. The van der Waals surface area contributed by atoms with Gasteiger partial charge in [0.2, 0.25) is 6.79 Å². The highest BCUT2D eigenvalue weighted by Gasteiger charge is 2.18. The molecule has 0 saturated heterocycles. The maximum atomic E-state index is 12.9. The van der Waals surface area contributed by atoms with Crippen LogP contribution in [0.4, 0.5) is 4.79 Å². The van der Waals surface area contributed by atoms with Crippen LogP contribution in [0.1, 0.15) is 16.7 Å². The average molecular weight is 410 g/mol. The second-order valence-corrected chi connectivity index (χ2v) is 7.13. The van der Waals surface area contributed by atoms with Crippen molar-refractivity contribution in [3.8, 4) is 11.5 Å². The number of rotatable bonds is 6. The van der Waals surface area contributed by atoms with Gasteiger partial charge < -0.3 is 19.7 Å². The van der Waals surface area contributed by atoms with E-state index in [1.54, 1.807) is 17.3 Å². The zero-order valence-corrected chi connectivity index (χ0v) is 16.4. The zero-order valence-electron chi connectivity index (χ0n) is 15.7. The van der Waals surface area contributed by atoms with E-state index in [1.165, 1.54) is 0 Å². The third-order valence-corrected chi connectivity index (χ3v) is 4.80. The van der Waals surface area contributed by atoms with Gasteiger partial charge in [0.1, 0.15) is 0 Å². The summed E-state index contributed by atoms with van der Waals surface area (Å²) < 4.78 is 10.8. The first-order chi connectivity index (χ1) is 14.2. The lowest BCUT2D eigenvalue weighted by molar-refractivity contribution is 0.173. The number of amides is 2. The van der Waals surface area contributed by atoms with Crippen LogP contribution in [-0.2, 0) is 19.6 Å². The summed E-state index contributed by atoms with van der Waals surface area (Å²) in [5.41, 5.74) is 2.89. The molecule has 4 rings (SSSR count). The molecule has 1 aliphatic rings. The van der Waals surface area contributed by atoms with E-state index in [1.807, 2.05) is 54.6 Å². The van der Waals surface area contributed by atoms with Gasteiger partial charge in [0.15, 0.2) is 11.5 Å². The Hall–Kier alpha value is -3.25. The average Bonchev–Trinajstić information content (AvgIpc) is 3.21. The molecule has 1 N–H and O–H groups in total. The largest absolute Gasteiger partial charge is 0.454 e. The van der Waals surface area contributed by atoms with Crippen molar-refractivity contribution in [3.63, 3.8) is 0 Å². The second kappa shape index (κ2) is 8.84. The number of carbonyl (C=O) groups excluding carboxylic acids is 1. The summed E-state index contributed by atoms with van der Waals surface area (Å²) in [7, 11) is 0. The number of hydrogen-bond donors (Lipinski definition) is 1. The van der Waals surface area contributed by atoms with Gasteiger partial charge in [-0.1, -0.05) is 35.9 Å². The highest BCUT2D eigenvalue weighted by atomic mass is 35.5. The van der Waals surface area contributed by atoms with Crippen LogP contribution < -0.4 is 14.8 Å². The van der Waals surface area contributed by atoms with E-state index < -0.39 is 0 Å². The van der Waals surface area contributed by atoms with Crippen LogP contribution in [0.3, 0.4) is 0 Å². The molecule has 2 heterocycles. The highest BCUT2D eigenvalue weighted by Crippen LogP contribution is 2.32. The van der Waals surface area contributed by atoms with Crippen molar-refractivity contribution in [1.82, 2.24) is 15.2 Å².